The van der Waals surface area contributed by atoms with Crippen molar-refractivity contribution in [2.24, 2.45) is 11.8 Å². The molecule has 2 unspecified atom stereocenters. The number of hydrogen-bond acceptors (Lipinski definition) is 5. The highest BCUT2D eigenvalue weighted by molar-refractivity contribution is 5.49. The van der Waals surface area contributed by atoms with Crippen LogP contribution in [0.15, 0.2) is 18.2 Å². The van der Waals surface area contributed by atoms with E-state index in [4.69, 9.17) is 20.1 Å². The van der Waals surface area contributed by atoms with Gasteiger partial charge in [-0.05, 0) is 18.9 Å². The topological polar surface area (TPSA) is 65.7 Å². The number of benzene rings is 1. The monoisotopic (exact) mass is 264 g/mol. The van der Waals surface area contributed by atoms with Gasteiger partial charge in [0.25, 0.3) is 0 Å². The van der Waals surface area contributed by atoms with E-state index >= 15 is 0 Å². The minimum absolute atomic E-state index is 0.0388. The van der Waals surface area contributed by atoms with Gasteiger partial charge in [-0.1, -0.05) is 12.1 Å². The van der Waals surface area contributed by atoms with Gasteiger partial charge in [0.1, 0.15) is 13.2 Å². The van der Waals surface area contributed by atoms with Gasteiger partial charge < -0.3 is 14.2 Å². The number of nitrogens with two attached hydrogens (primary N) is 1. The minimum Gasteiger partial charge on any atom is -0.486 e. The molecule has 2 atom stereocenters. The molecule has 1 aromatic carbocycles. The Bertz CT molecular complexity index is 433. The Hall–Kier alpha value is -1.30. The highest BCUT2D eigenvalue weighted by Gasteiger charge is 2.29. The van der Waals surface area contributed by atoms with Gasteiger partial charge in [0.05, 0.1) is 12.6 Å². The van der Waals surface area contributed by atoms with Crippen molar-refractivity contribution in [1.29, 1.82) is 0 Å². The average molecular weight is 264 g/mol. The van der Waals surface area contributed by atoms with Gasteiger partial charge in [0.2, 0.25) is 0 Å². The molecule has 3 N–H and O–H groups in total. The van der Waals surface area contributed by atoms with Crippen molar-refractivity contribution >= 4 is 0 Å². The Morgan fingerprint density at radius 2 is 2.11 bits per heavy atom. The molecular weight excluding hydrogens is 244 g/mol. The summed E-state index contributed by atoms with van der Waals surface area (Å²) in [6, 6.07) is 6.00. The van der Waals surface area contributed by atoms with Crippen LogP contribution in [0.2, 0.25) is 0 Å². The summed E-state index contributed by atoms with van der Waals surface area (Å²) in [7, 11) is 0. The summed E-state index contributed by atoms with van der Waals surface area (Å²) in [4.78, 5) is 0. The van der Waals surface area contributed by atoms with E-state index in [0.717, 1.165) is 43.1 Å². The summed E-state index contributed by atoms with van der Waals surface area (Å²) < 4.78 is 17.0. The largest absolute Gasteiger partial charge is 0.486 e. The third kappa shape index (κ3) is 2.54. The molecule has 19 heavy (non-hydrogen) atoms. The lowest BCUT2D eigenvalue weighted by Gasteiger charge is -2.32. The lowest BCUT2D eigenvalue weighted by Crippen LogP contribution is -2.37. The van der Waals surface area contributed by atoms with Gasteiger partial charge in [0, 0.05) is 18.1 Å². The van der Waals surface area contributed by atoms with Gasteiger partial charge in [-0.2, -0.15) is 0 Å². The maximum absolute atomic E-state index is 5.77. The molecule has 0 saturated carbocycles. The maximum atomic E-state index is 5.77. The van der Waals surface area contributed by atoms with Gasteiger partial charge >= 0.3 is 0 Å². The predicted molar refractivity (Wildman–Crippen MR) is 71.0 cm³/mol. The van der Waals surface area contributed by atoms with Crippen molar-refractivity contribution in [1.82, 2.24) is 5.43 Å². The molecule has 0 bridgehead atoms. The second kappa shape index (κ2) is 5.77. The standard InChI is InChI=1S/C14H20N2O3/c15-16-13(10-3-2-6-17-9-10)11-4-1-5-12-14(11)19-8-7-18-12/h1,4-5,10,13,16H,2-3,6-9,15H2. The zero-order chi connectivity index (χ0) is 13.1. The Kier molecular flexibility index (Phi) is 3.87. The fraction of sp³-hybridized carbons (Fsp3) is 0.571. The number of ether oxygens (including phenoxy) is 3. The predicted octanol–water partition coefficient (Wildman–Crippen LogP) is 1.39. The van der Waals surface area contributed by atoms with Crippen LogP contribution in [-0.2, 0) is 4.74 Å². The maximum Gasteiger partial charge on any atom is 0.166 e. The number of hydrogen-bond donors (Lipinski definition) is 2. The summed E-state index contributed by atoms with van der Waals surface area (Å²) in [6.07, 6.45) is 2.19. The van der Waals surface area contributed by atoms with E-state index in [2.05, 4.69) is 5.43 Å². The molecule has 5 nitrogen and oxygen atoms in total. The first-order chi connectivity index (χ1) is 9.40. The van der Waals surface area contributed by atoms with Crippen LogP contribution in [0.1, 0.15) is 24.4 Å². The van der Waals surface area contributed by atoms with E-state index in [1.54, 1.807) is 0 Å². The first-order valence-electron chi connectivity index (χ1n) is 6.82. The molecule has 0 aromatic heterocycles. The van der Waals surface area contributed by atoms with Crippen LogP contribution in [0.25, 0.3) is 0 Å². The minimum atomic E-state index is 0.0388. The highest BCUT2D eigenvalue weighted by Crippen LogP contribution is 2.40. The van der Waals surface area contributed by atoms with Gasteiger partial charge in [-0.3, -0.25) is 11.3 Å². The Morgan fingerprint density at radius 3 is 2.89 bits per heavy atom. The van der Waals surface area contributed by atoms with Crippen LogP contribution in [-0.4, -0.2) is 26.4 Å². The van der Waals surface area contributed by atoms with Crippen LogP contribution >= 0.6 is 0 Å². The summed E-state index contributed by atoms with van der Waals surface area (Å²) in [5.74, 6) is 7.77. The Balaban J connectivity index is 1.90. The van der Waals surface area contributed by atoms with Crippen LogP contribution < -0.4 is 20.7 Å². The van der Waals surface area contributed by atoms with Crippen LogP contribution in [0.4, 0.5) is 0 Å². The van der Waals surface area contributed by atoms with E-state index < -0.39 is 0 Å². The molecule has 2 aliphatic rings. The summed E-state index contributed by atoms with van der Waals surface area (Å²) >= 11 is 0. The molecule has 0 radical (unpaired) electrons. The first-order valence-corrected chi connectivity index (χ1v) is 6.82. The SMILES string of the molecule is NNC(c1cccc2c1OCCO2)C1CCCOC1. The zero-order valence-electron chi connectivity index (χ0n) is 10.9. The Labute approximate surface area is 113 Å². The highest BCUT2D eigenvalue weighted by atomic mass is 16.6. The number of fused-ring (bicyclic) bond motifs is 1. The molecule has 1 saturated heterocycles. The van der Waals surface area contributed by atoms with Crippen LogP contribution in [0.5, 0.6) is 11.5 Å². The first kappa shape index (κ1) is 12.7. The second-order valence-corrected chi connectivity index (χ2v) is 4.99. The van der Waals surface area contributed by atoms with Crippen molar-refractivity contribution in [3.8, 4) is 11.5 Å². The zero-order valence-corrected chi connectivity index (χ0v) is 10.9. The lowest BCUT2D eigenvalue weighted by atomic mass is 9.88. The summed E-state index contributed by atoms with van der Waals surface area (Å²) in [6.45, 7) is 2.77. The Morgan fingerprint density at radius 1 is 1.21 bits per heavy atom. The fourth-order valence-electron chi connectivity index (χ4n) is 2.85. The molecule has 3 rings (SSSR count). The van der Waals surface area contributed by atoms with Gasteiger partial charge in [-0.25, -0.2) is 0 Å². The van der Waals surface area contributed by atoms with E-state index in [1.165, 1.54) is 0 Å². The molecule has 1 aromatic rings. The number of hydrazine groups is 1. The van der Waals surface area contributed by atoms with Crippen molar-refractivity contribution in [3.63, 3.8) is 0 Å². The fourth-order valence-corrected chi connectivity index (χ4v) is 2.85. The molecule has 1 fully saturated rings. The van der Waals surface area contributed by atoms with Crippen molar-refractivity contribution < 1.29 is 14.2 Å². The van der Waals surface area contributed by atoms with E-state index in [1.807, 2.05) is 18.2 Å². The molecule has 2 aliphatic heterocycles. The van der Waals surface area contributed by atoms with Crippen LogP contribution in [0.3, 0.4) is 0 Å². The molecular formula is C14H20N2O3. The normalized spacial score (nSPS) is 23.9. The molecule has 2 heterocycles. The molecule has 5 heteroatoms. The molecule has 0 aliphatic carbocycles. The van der Waals surface area contributed by atoms with E-state index in [9.17, 15) is 0 Å². The van der Waals surface area contributed by atoms with Crippen molar-refractivity contribution in [2.45, 2.75) is 18.9 Å². The number of nitrogens with one attached hydrogen (secondary N) is 1. The van der Waals surface area contributed by atoms with E-state index in [0.29, 0.717) is 19.1 Å². The van der Waals surface area contributed by atoms with Crippen molar-refractivity contribution in [2.75, 3.05) is 26.4 Å². The van der Waals surface area contributed by atoms with E-state index in [-0.39, 0.29) is 6.04 Å². The average Bonchev–Trinajstić information content (AvgIpc) is 2.49. The summed E-state index contributed by atoms with van der Waals surface area (Å²) in [5.41, 5.74) is 3.99. The quantitative estimate of drug-likeness (QED) is 0.638. The third-order valence-corrected chi connectivity index (χ3v) is 3.78. The summed E-state index contributed by atoms with van der Waals surface area (Å²) in [5, 5.41) is 0. The van der Waals surface area contributed by atoms with Gasteiger partial charge in [-0.15, -0.1) is 0 Å². The lowest BCUT2D eigenvalue weighted by molar-refractivity contribution is 0.0381. The molecule has 0 amide bonds. The van der Waals surface area contributed by atoms with Crippen LogP contribution in [0, 0.1) is 5.92 Å². The number of para-hydroxylation sites is 1. The molecule has 104 valence electrons. The third-order valence-electron chi connectivity index (χ3n) is 3.78. The number of rotatable bonds is 3. The molecule has 0 spiro atoms. The van der Waals surface area contributed by atoms with Gasteiger partial charge in [0.15, 0.2) is 11.5 Å². The van der Waals surface area contributed by atoms with Crippen molar-refractivity contribution in [3.05, 3.63) is 23.8 Å². The smallest absolute Gasteiger partial charge is 0.166 e. The second-order valence-electron chi connectivity index (χ2n) is 4.99.